The number of halogens is 1. The van der Waals surface area contributed by atoms with Gasteiger partial charge in [-0.2, -0.15) is 5.10 Å². The molecule has 0 aromatic carbocycles. The number of aryl methyl sites for hydroxylation is 2. The van der Waals surface area contributed by atoms with Crippen LogP contribution in [-0.2, 0) is 13.6 Å². The highest BCUT2D eigenvalue weighted by molar-refractivity contribution is 6.30. The highest BCUT2D eigenvalue weighted by Crippen LogP contribution is 2.18. The molecule has 0 fully saturated rings. The third-order valence-corrected chi connectivity index (χ3v) is 2.93. The van der Waals surface area contributed by atoms with Crippen LogP contribution in [0.4, 0.5) is 0 Å². The number of nitrogens with one attached hydrogen (secondary N) is 1. The zero-order valence-corrected chi connectivity index (χ0v) is 10.2. The van der Waals surface area contributed by atoms with E-state index < -0.39 is 0 Å². The molecule has 86 valence electrons. The molecule has 0 saturated carbocycles. The molecule has 0 amide bonds. The highest BCUT2D eigenvalue weighted by atomic mass is 35.5. The van der Waals surface area contributed by atoms with E-state index in [2.05, 4.69) is 10.4 Å². The Morgan fingerprint density at radius 1 is 1.60 bits per heavy atom. The Hall–Kier alpha value is -0.580. The second-order valence-corrected chi connectivity index (χ2v) is 4.13. The van der Waals surface area contributed by atoms with Crippen molar-refractivity contribution < 1.29 is 5.11 Å². The van der Waals surface area contributed by atoms with E-state index in [0.29, 0.717) is 11.7 Å². The minimum absolute atomic E-state index is 0.202. The third kappa shape index (κ3) is 3.19. The van der Waals surface area contributed by atoms with Crippen molar-refractivity contribution in [3.8, 4) is 0 Å². The Labute approximate surface area is 95.2 Å². The fraction of sp³-hybridized carbons (Fsp3) is 0.700. The van der Waals surface area contributed by atoms with E-state index >= 15 is 0 Å². The first-order valence-corrected chi connectivity index (χ1v) is 5.46. The number of aromatic nitrogens is 2. The summed E-state index contributed by atoms with van der Waals surface area (Å²) in [7, 11) is 1.83. The predicted octanol–water partition coefficient (Wildman–Crippen LogP) is 1.24. The van der Waals surface area contributed by atoms with Gasteiger partial charge < -0.3 is 10.4 Å². The van der Waals surface area contributed by atoms with Gasteiger partial charge in [0.2, 0.25) is 0 Å². The van der Waals surface area contributed by atoms with E-state index in [0.717, 1.165) is 17.7 Å². The second-order valence-electron chi connectivity index (χ2n) is 3.77. The summed E-state index contributed by atoms with van der Waals surface area (Å²) >= 11 is 6.09. The van der Waals surface area contributed by atoms with Crippen LogP contribution in [0.5, 0.6) is 0 Å². The minimum atomic E-state index is 0.202. The molecule has 0 aliphatic heterocycles. The molecule has 2 N–H and O–H groups in total. The molecule has 1 atom stereocenters. The van der Waals surface area contributed by atoms with Gasteiger partial charge in [-0.3, -0.25) is 4.68 Å². The second kappa shape index (κ2) is 5.49. The minimum Gasteiger partial charge on any atom is -0.396 e. The first kappa shape index (κ1) is 12.5. The average Bonchev–Trinajstić information content (AvgIpc) is 2.40. The molecule has 0 aliphatic rings. The van der Waals surface area contributed by atoms with E-state index in [1.165, 1.54) is 0 Å². The van der Waals surface area contributed by atoms with Crippen LogP contribution in [0.15, 0.2) is 0 Å². The van der Waals surface area contributed by atoms with Crippen LogP contribution >= 0.6 is 11.6 Å². The lowest BCUT2D eigenvalue weighted by molar-refractivity contribution is 0.268. The Morgan fingerprint density at radius 2 is 2.27 bits per heavy atom. The van der Waals surface area contributed by atoms with Crippen LogP contribution in [-0.4, -0.2) is 27.5 Å². The number of aliphatic hydroxyl groups excluding tert-OH is 1. The molecule has 15 heavy (non-hydrogen) atoms. The van der Waals surface area contributed by atoms with Crippen molar-refractivity contribution >= 4 is 11.6 Å². The summed E-state index contributed by atoms with van der Waals surface area (Å²) in [6.07, 6.45) is 0.747. The molecule has 1 aromatic heterocycles. The molecule has 1 rings (SSSR count). The van der Waals surface area contributed by atoms with Crippen LogP contribution < -0.4 is 5.32 Å². The normalized spacial score (nSPS) is 13.1. The maximum Gasteiger partial charge on any atom is 0.131 e. The molecule has 0 bridgehead atoms. The third-order valence-electron chi connectivity index (χ3n) is 2.46. The maximum absolute atomic E-state index is 8.76. The molecule has 5 heteroatoms. The number of hydrogen-bond acceptors (Lipinski definition) is 3. The molecule has 4 nitrogen and oxygen atoms in total. The SMILES string of the molecule is Cc1nn(C)c(Cl)c1CN[C@H](C)CCO. The van der Waals surface area contributed by atoms with Gasteiger partial charge in [0.05, 0.1) is 5.69 Å². The Balaban J connectivity index is 2.57. The van der Waals surface area contributed by atoms with Gasteiger partial charge in [-0.1, -0.05) is 11.6 Å². The first-order chi connectivity index (χ1) is 7.06. The maximum atomic E-state index is 8.76. The summed E-state index contributed by atoms with van der Waals surface area (Å²) in [6, 6.07) is 0.283. The van der Waals surface area contributed by atoms with E-state index in [4.69, 9.17) is 16.7 Å². The topological polar surface area (TPSA) is 50.1 Å². The van der Waals surface area contributed by atoms with Crippen molar-refractivity contribution in [2.24, 2.45) is 7.05 Å². The van der Waals surface area contributed by atoms with Crippen LogP contribution in [0.25, 0.3) is 0 Å². The summed E-state index contributed by atoms with van der Waals surface area (Å²) in [5.74, 6) is 0. The standard InChI is InChI=1S/C10H18ClN3O/c1-7(4-5-15)12-6-9-8(2)13-14(3)10(9)11/h7,12,15H,4-6H2,1-3H3/t7-/m1/s1. The molecule has 1 heterocycles. The van der Waals surface area contributed by atoms with Gasteiger partial charge in [0.1, 0.15) is 5.15 Å². The number of aliphatic hydroxyl groups is 1. The quantitative estimate of drug-likeness (QED) is 0.802. The number of nitrogens with zero attached hydrogens (tertiary/aromatic N) is 2. The molecule has 0 saturated heterocycles. The summed E-state index contributed by atoms with van der Waals surface area (Å²) in [5.41, 5.74) is 1.98. The Kier molecular flexibility index (Phi) is 4.57. The lowest BCUT2D eigenvalue weighted by atomic mass is 10.2. The van der Waals surface area contributed by atoms with Crippen molar-refractivity contribution in [1.29, 1.82) is 0 Å². The smallest absolute Gasteiger partial charge is 0.131 e. The molecule has 0 radical (unpaired) electrons. The van der Waals surface area contributed by atoms with Crippen LogP contribution in [0.1, 0.15) is 24.6 Å². The van der Waals surface area contributed by atoms with E-state index in [1.807, 2.05) is 20.9 Å². The molecule has 0 spiro atoms. The zero-order chi connectivity index (χ0) is 11.4. The van der Waals surface area contributed by atoms with Crippen molar-refractivity contribution in [3.05, 3.63) is 16.4 Å². The van der Waals surface area contributed by atoms with Crippen molar-refractivity contribution in [3.63, 3.8) is 0 Å². The first-order valence-electron chi connectivity index (χ1n) is 5.08. The molecular formula is C10H18ClN3O. The predicted molar refractivity (Wildman–Crippen MR) is 61.0 cm³/mol. The van der Waals surface area contributed by atoms with Gasteiger partial charge >= 0.3 is 0 Å². The van der Waals surface area contributed by atoms with Gasteiger partial charge in [-0.05, 0) is 20.3 Å². The van der Waals surface area contributed by atoms with Crippen LogP contribution in [0, 0.1) is 6.92 Å². The van der Waals surface area contributed by atoms with Crippen LogP contribution in [0.3, 0.4) is 0 Å². The number of hydrogen-bond donors (Lipinski definition) is 2. The Bertz CT molecular complexity index is 325. The van der Waals surface area contributed by atoms with E-state index in [1.54, 1.807) is 4.68 Å². The lowest BCUT2D eigenvalue weighted by Crippen LogP contribution is -2.26. The summed E-state index contributed by atoms with van der Waals surface area (Å²) in [4.78, 5) is 0. The summed E-state index contributed by atoms with van der Waals surface area (Å²) < 4.78 is 1.67. The fourth-order valence-electron chi connectivity index (χ4n) is 1.45. The van der Waals surface area contributed by atoms with Crippen LogP contribution in [0.2, 0.25) is 5.15 Å². The fourth-order valence-corrected chi connectivity index (χ4v) is 1.69. The van der Waals surface area contributed by atoms with Gasteiger partial charge in [0.25, 0.3) is 0 Å². The lowest BCUT2D eigenvalue weighted by Gasteiger charge is -2.11. The van der Waals surface area contributed by atoms with Gasteiger partial charge in [0.15, 0.2) is 0 Å². The van der Waals surface area contributed by atoms with Crippen molar-refractivity contribution in [2.75, 3.05) is 6.61 Å². The monoisotopic (exact) mass is 231 g/mol. The average molecular weight is 232 g/mol. The van der Waals surface area contributed by atoms with Gasteiger partial charge in [0, 0.05) is 31.8 Å². The molecule has 0 unspecified atom stereocenters. The van der Waals surface area contributed by atoms with Gasteiger partial charge in [-0.15, -0.1) is 0 Å². The van der Waals surface area contributed by atoms with Crippen molar-refractivity contribution in [1.82, 2.24) is 15.1 Å². The largest absolute Gasteiger partial charge is 0.396 e. The Morgan fingerprint density at radius 3 is 2.73 bits per heavy atom. The molecule has 0 aliphatic carbocycles. The molecular weight excluding hydrogens is 214 g/mol. The van der Waals surface area contributed by atoms with E-state index in [9.17, 15) is 0 Å². The van der Waals surface area contributed by atoms with Gasteiger partial charge in [-0.25, -0.2) is 0 Å². The summed E-state index contributed by atoms with van der Waals surface area (Å²) in [6.45, 7) is 4.88. The summed E-state index contributed by atoms with van der Waals surface area (Å²) in [5, 5.41) is 17.0. The molecule has 1 aromatic rings. The zero-order valence-electron chi connectivity index (χ0n) is 9.42. The highest BCUT2D eigenvalue weighted by Gasteiger charge is 2.11. The number of rotatable bonds is 5. The van der Waals surface area contributed by atoms with E-state index in [-0.39, 0.29) is 12.6 Å². The van der Waals surface area contributed by atoms with Crippen molar-refractivity contribution in [2.45, 2.75) is 32.9 Å².